The lowest BCUT2D eigenvalue weighted by molar-refractivity contribution is -0.139. The van der Waals surface area contributed by atoms with Crippen LogP contribution in [0.25, 0.3) is 0 Å². The number of nitrogens with one attached hydrogen (secondary N) is 1. The molecule has 1 saturated heterocycles. The third-order valence-electron chi connectivity index (χ3n) is 7.19. The molecule has 1 N–H and O–H groups in total. The molecular weight excluding hydrogens is 516 g/mol. The average Bonchev–Trinajstić information content (AvgIpc) is 2.98. The molecular formula is C29H36N4O7. The number of ether oxygens (including phenoxy) is 4. The number of hydrogen-bond acceptors (Lipinski definition) is 8. The van der Waals surface area contributed by atoms with E-state index in [2.05, 4.69) is 10.2 Å². The van der Waals surface area contributed by atoms with E-state index in [1.54, 1.807) is 68.4 Å². The summed E-state index contributed by atoms with van der Waals surface area (Å²) >= 11 is 0. The molecule has 0 bridgehead atoms. The standard InChI is InChI=1S/C29H36N4O7/c1-6-40-28(35)24-22(31(2)29(36)30-25(24)21-8-7-9-23(38-4)26(21)39-5)18-32-14-16-33(17-15-32)27(34)19-10-12-20(37-3)13-11-19/h7-13,25H,6,14-18H2,1-5H3,(H,30,36)/t25-/m1/s1. The van der Waals surface area contributed by atoms with E-state index in [4.69, 9.17) is 18.9 Å². The Balaban J connectivity index is 1.60. The van der Waals surface area contributed by atoms with E-state index in [9.17, 15) is 14.4 Å². The topological polar surface area (TPSA) is 110 Å². The van der Waals surface area contributed by atoms with E-state index in [0.29, 0.717) is 72.4 Å². The summed E-state index contributed by atoms with van der Waals surface area (Å²) < 4.78 is 21.7. The maximum atomic E-state index is 13.4. The lowest BCUT2D eigenvalue weighted by Crippen LogP contribution is -2.53. The molecule has 0 spiro atoms. The first kappa shape index (κ1) is 28.8. The van der Waals surface area contributed by atoms with Gasteiger partial charge in [-0.1, -0.05) is 12.1 Å². The van der Waals surface area contributed by atoms with Gasteiger partial charge >= 0.3 is 12.0 Å². The highest BCUT2D eigenvalue weighted by atomic mass is 16.5. The van der Waals surface area contributed by atoms with Crippen molar-refractivity contribution in [3.05, 3.63) is 64.9 Å². The van der Waals surface area contributed by atoms with Gasteiger partial charge in [0.15, 0.2) is 11.5 Å². The van der Waals surface area contributed by atoms with Crippen LogP contribution in [-0.2, 0) is 9.53 Å². The summed E-state index contributed by atoms with van der Waals surface area (Å²) in [6, 6.07) is 11.2. The predicted octanol–water partition coefficient (Wildman–Crippen LogP) is 2.68. The molecule has 0 aliphatic carbocycles. The number of hydrogen-bond donors (Lipinski definition) is 1. The van der Waals surface area contributed by atoms with Gasteiger partial charge in [-0.3, -0.25) is 14.6 Å². The van der Waals surface area contributed by atoms with Crippen molar-refractivity contribution in [2.45, 2.75) is 13.0 Å². The molecule has 2 aromatic carbocycles. The Morgan fingerprint density at radius 2 is 1.65 bits per heavy atom. The predicted molar refractivity (Wildman–Crippen MR) is 148 cm³/mol. The van der Waals surface area contributed by atoms with Crippen molar-refractivity contribution in [3.63, 3.8) is 0 Å². The van der Waals surface area contributed by atoms with Gasteiger partial charge in [0, 0.05) is 56.6 Å². The van der Waals surface area contributed by atoms with E-state index in [1.807, 2.05) is 0 Å². The van der Waals surface area contributed by atoms with Crippen molar-refractivity contribution in [2.75, 3.05) is 67.7 Å². The van der Waals surface area contributed by atoms with Gasteiger partial charge < -0.3 is 29.2 Å². The van der Waals surface area contributed by atoms with Gasteiger partial charge in [-0.2, -0.15) is 0 Å². The summed E-state index contributed by atoms with van der Waals surface area (Å²) in [6.07, 6.45) is 0. The van der Waals surface area contributed by atoms with Crippen LogP contribution >= 0.6 is 0 Å². The highest BCUT2D eigenvalue weighted by molar-refractivity contribution is 5.96. The summed E-state index contributed by atoms with van der Waals surface area (Å²) in [5, 5.41) is 2.93. The van der Waals surface area contributed by atoms with Gasteiger partial charge in [0.05, 0.1) is 39.6 Å². The van der Waals surface area contributed by atoms with Gasteiger partial charge in [-0.05, 0) is 37.3 Å². The molecule has 11 nitrogen and oxygen atoms in total. The molecule has 0 saturated carbocycles. The maximum absolute atomic E-state index is 13.4. The van der Waals surface area contributed by atoms with Crippen LogP contribution in [0, 0.1) is 0 Å². The Hall–Kier alpha value is -4.25. The fourth-order valence-electron chi connectivity index (χ4n) is 5.01. The summed E-state index contributed by atoms with van der Waals surface area (Å²) in [5.74, 6) is 1.03. The second kappa shape index (κ2) is 12.7. The molecule has 214 valence electrons. The zero-order valence-electron chi connectivity index (χ0n) is 23.6. The number of rotatable bonds is 9. The quantitative estimate of drug-likeness (QED) is 0.473. The number of likely N-dealkylation sites (N-methyl/N-ethyl adjacent to an activating group) is 1. The molecule has 1 fully saturated rings. The second-order valence-corrected chi connectivity index (χ2v) is 9.40. The molecule has 3 amide bonds. The molecule has 40 heavy (non-hydrogen) atoms. The number of esters is 1. The zero-order chi connectivity index (χ0) is 28.8. The highest BCUT2D eigenvalue weighted by Gasteiger charge is 2.39. The fraction of sp³-hybridized carbons (Fsp3) is 0.414. The second-order valence-electron chi connectivity index (χ2n) is 9.40. The Kier molecular flexibility index (Phi) is 9.15. The lowest BCUT2D eigenvalue weighted by atomic mass is 9.93. The first-order valence-electron chi connectivity index (χ1n) is 13.1. The Labute approximate surface area is 234 Å². The van der Waals surface area contributed by atoms with Crippen LogP contribution in [-0.4, -0.2) is 100 Å². The van der Waals surface area contributed by atoms with E-state index in [-0.39, 0.29) is 18.5 Å². The summed E-state index contributed by atoms with van der Waals surface area (Å²) in [6.45, 7) is 4.41. The minimum absolute atomic E-state index is 0.0481. The monoisotopic (exact) mass is 552 g/mol. The first-order chi connectivity index (χ1) is 19.3. The first-order valence-corrected chi connectivity index (χ1v) is 13.1. The number of para-hydroxylation sites is 1. The minimum Gasteiger partial charge on any atom is -0.497 e. The third kappa shape index (κ3) is 5.84. The van der Waals surface area contributed by atoms with Gasteiger partial charge in [-0.15, -0.1) is 0 Å². The number of carbonyl (C=O) groups excluding carboxylic acids is 3. The van der Waals surface area contributed by atoms with Gasteiger partial charge in [0.1, 0.15) is 5.75 Å². The van der Waals surface area contributed by atoms with E-state index < -0.39 is 12.0 Å². The van der Waals surface area contributed by atoms with Crippen molar-refractivity contribution in [1.29, 1.82) is 0 Å². The van der Waals surface area contributed by atoms with Crippen LogP contribution in [0.2, 0.25) is 0 Å². The highest BCUT2D eigenvalue weighted by Crippen LogP contribution is 2.40. The fourth-order valence-corrected chi connectivity index (χ4v) is 5.01. The number of nitrogens with zero attached hydrogens (tertiary/aromatic N) is 3. The molecule has 2 aliphatic rings. The van der Waals surface area contributed by atoms with E-state index >= 15 is 0 Å². The minimum atomic E-state index is -0.805. The van der Waals surface area contributed by atoms with E-state index in [0.717, 1.165) is 0 Å². The number of carbonyl (C=O) groups is 3. The molecule has 4 rings (SSSR count). The number of amides is 3. The van der Waals surface area contributed by atoms with Crippen molar-refractivity contribution in [1.82, 2.24) is 20.0 Å². The van der Waals surface area contributed by atoms with Crippen molar-refractivity contribution in [2.24, 2.45) is 0 Å². The number of urea groups is 1. The van der Waals surface area contributed by atoms with Crippen LogP contribution in [0.4, 0.5) is 4.79 Å². The third-order valence-corrected chi connectivity index (χ3v) is 7.19. The van der Waals surface area contributed by atoms with Crippen LogP contribution < -0.4 is 19.5 Å². The Morgan fingerprint density at radius 1 is 0.950 bits per heavy atom. The molecule has 0 radical (unpaired) electrons. The van der Waals surface area contributed by atoms with Gasteiger partial charge in [0.25, 0.3) is 5.91 Å². The number of benzene rings is 2. The Morgan fingerprint density at radius 3 is 2.25 bits per heavy atom. The van der Waals surface area contributed by atoms with E-state index in [1.165, 1.54) is 19.1 Å². The maximum Gasteiger partial charge on any atom is 0.338 e. The van der Waals surface area contributed by atoms with Crippen molar-refractivity contribution in [3.8, 4) is 17.2 Å². The van der Waals surface area contributed by atoms with Crippen molar-refractivity contribution < 1.29 is 33.3 Å². The summed E-state index contributed by atoms with van der Waals surface area (Å²) in [5.41, 5.74) is 2.04. The largest absolute Gasteiger partial charge is 0.497 e. The summed E-state index contributed by atoms with van der Waals surface area (Å²) in [4.78, 5) is 44.9. The van der Waals surface area contributed by atoms with Crippen LogP contribution in [0.1, 0.15) is 28.9 Å². The molecule has 11 heteroatoms. The van der Waals surface area contributed by atoms with Crippen LogP contribution in [0.5, 0.6) is 17.2 Å². The summed E-state index contributed by atoms with van der Waals surface area (Å²) in [7, 11) is 6.26. The average molecular weight is 553 g/mol. The van der Waals surface area contributed by atoms with Crippen LogP contribution in [0.15, 0.2) is 53.7 Å². The normalized spacial score (nSPS) is 17.8. The van der Waals surface area contributed by atoms with Gasteiger partial charge in [0.2, 0.25) is 0 Å². The SMILES string of the molecule is CCOC(=O)C1=C(CN2CCN(C(=O)c3ccc(OC)cc3)CC2)N(C)C(=O)N[C@@H]1c1cccc(OC)c1OC. The Bertz CT molecular complexity index is 1270. The molecule has 0 aromatic heterocycles. The number of methoxy groups -OCH3 is 3. The van der Waals surface area contributed by atoms with Gasteiger partial charge in [-0.25, -0.2) is 9.59 Å². The van der Waals surface area contributed by atoms with Crippen LogP contribution in [0.3, 0.4) is 0 Å². The molecule has 2 aromatic rings. The molecule has 2 aliphatic heterocycles. The molecule has 0 unspecified atom stereocenters. The van der Waals surface area contributed by atoms with Crippen molar-refractivity contribution >= 4 is 17.9 Å². The lowest BCUT2D eigenvalue weighted by Gasteiger charge is -2.39. The molecule has 1 atom stereocenters. The smallest absolute Gasteiger partial charge is 0.338 e. The number of piperazine rings is 1. The molecule has 2 heterocycles. The zero-order valence-corrected chi connectivity index (χ0v) is 23.6.